The molecule has 1 heterocycles. The molecule has 1 atom stereocenters. The minimum Gasteiger partial charge on any atom is -0.315 e. The van der Waals surface area contributed by atoms with Crippen LogP contribution in [0.25, 0.3) is 0 Å². The van der Waals surface area contributed by atoms with E-state index in [4.69, 9.17) is 7.85 Å². The maximum atomic E-state index is 5.79. The van der Waals surface area contributed by atoms with Crippen LogP contribution in [0.15, 0.2) is 41.1 Å². The van der Waals surface area contributed by atoms with Crippen molar-refractivity contribution < 1.29 is 0 Å². The van der Waals surface area contributed by atoms with Crippen LogP contribution in [0.1, 0.15) is 26.2 Å². The highest BCUT2D eigenvalue weighted by molar-refractivity contribution is 6.17. The maximum Gasteiger partial charge on any atom is 0.102 e. The molecule has 2 nitrogen and oxygen atoms in total. The van der Waals surface area contributed by atoms with E-state index in [1.807, 2.05) is 12.2 Å². The molecule has 1 fully saturated rings. The van der Waals surface area contributed by atoms with Crippen LogP contribution in [-0.2, 0) is 0 Å². The van der Waals surface area contributed by atoms with Crippen molar-refractivity contribution in [2.45, 2.75) is 32.1 Å². The molecule has 1 aliphatic carbocycles. The van der Waals surface area contributed by atoms with E-state index in [2.05, 4.69) is 30.1 Å². The highest BCUT2D eigenvalue weighted by Crippen LogP contribution is 2.40. The van der Waals surface area contributed by atoms with Crippen LogP contribution in [0.5, 0.6) is 0 Å². The minimum atomic E-state index is -0.0412. The fourth-order valence-electron chi connectivity index (χ4n) is 2.11. The van der Waals surface area contributed by atoms with Gasteiger partial charge in [-0.15, -0.1) is 0 Å². The van der Waals surface area contributed by atoms with Gasteiger partial charge in [0.25, 0.3) is 0 Å². The minimum absolute atomic E-state index is 0.0412. The number of rotatable bonds is 4. The third-order valence-corrected chi connectivity index (χ3v) is 3.01. The molecule has 2 radical (unpaired) electrons. The maximum absolute atomic E-state index is 5.79. The first kappa shape index (κ1) is 11.2. The summed E-state index contributed by atoms with van der Waals surface area (Å²) < 4.78 is 0. The van der Waals surface area contributed by atoms with E-state index in [-0.39, 0.29) is 5.94 Å². The second kappa shape index (κ2) is 4.73. The Balaban J connectivity index is 2.23. The molecule has 2 aliphatic rings. The third-order valence-electron chi connectivity index (χ3n) is 3.01. The fourth-order valence-corrected chi connectivity index (χ4v) is 2.11. The van der Waals surface area contributed by atoms with Crippen LogP contribution in [-0.4, -0.2) is 19.5 Å². The van der Waals surface area contributed by atoms with Gasteiger partial charge in [0.15, 0.2) is 0 Å². The lowest BCUT2D eigenvalue weighted by molar-refractivity contribution is 0.751. The van der Waals surface area contributed by atoms with Crippen molar-refractivity contribution in [3.05, 3.63) is 36.0 Å². The van der Waals surface area contributed by atoms with E-state index in [0.717, 1.165) is 18.1 Å². The molecule has 1 saturated carbocycles. The molecule has 0 amide bonds. The lowest BCUT2D eigenvalue weighted by Gasteiger charge is -2.10. The summed E-state index contributed by atoms with van der Waals surface area (Å²) in [6, 6.07) is 0. The standard InChI is InChI=1S/C13H17BN2/c1-3-5-11(10(4-2)9-6-7-9)12-8-13(14)16-15-12/h3-5,9,13,16H,1,6-8H2,2H3/b10-4-,11-5+. The number of nitrogens with one attached hydrogen (secondary N) is 1. The summed E-state index contributed by atoms with van der Waals surface area (Å²) >= 11 is 0. The summed E-state index contributed by atoms with van der Waals surface area (Å²) in [6.07, 6.45) is 9.45. The van der Waals surface area contributed by atoms with Gasteiger partial charge in [-0.1, -0.05) is 24.8 Å². The van der Waals surface area contributed by atoms with Crippen LogP contribution in [0.2, 0.25) is 0 Å². The molecule has 0 bridgehead atoms. The van der Waals surface area contributed by atoms with Crippen molar-refractivity contribution in [1.82, 2.24) is 5.43 Å². The Hall–Kier alpha value is -1.25. The number of nitrogens with zero attached hydrogens (tertiary/aromatic N) is 1. The van der Waals surface area contributed by atoms with E-state index in [1.54, 1.807) is 0 Å². The van der Waals surface area contributed by atoms with Crippen molar-refractivity contribution >= 4 is 13.6 Å². The summed E-state index contributed by atoms with van der Waals surface area (Å²) in [7, 11) is 5.79. The van der Waals surface area contributed by atoms with Crippen LogP contribution in [0, 0.1) is 5.92 Å². The SMILES string of the molecule is [B]C1CC(C(=C/C=C)/C(=C\C)C2CC2)=NN1. The number of allylic oxidation sites excluding steroid dienone is 5. The molecule has 0 spiro atoms. The molecule has 1 aliphatic heterocycles. The first-order chi connectivity index (χ1) is 7.76. The fraction of sp³-hybridized carbons (Fsp3) is 0.462. The van der Waals surface area contributed by atoms with Gasteiger partial charge in [0.2, 0.25) is 0 Å². The second-order valence-electron chi connectivity index (χ2n) is 4.33. The molecule has 1 unspecified atom stereocenters. The average Bonchev–Trinajstić information content (AvgIpc) is 3.01. The Labute approximate surface area is 98.6 Å². The Morgan fingerprint density at radius 3 is 2.75 bits per heavy atom. The van der Waals surface area contributed by atoms with Crippen molar-refractivity contribution in [3.8, 4) is 0 Å². The molecular formula is C13H17BN2. The Bertz CT molecular complexity index is 375. The molecule has 0 aromatic rings. The zero-order chi connectivity index (χ0) is 11.5. The lowest BCUT2D eigenvalue weighted by Crippen LogP contribution is -2.18. The smallest absolute Gasteiger partial charge is 0.102 e. The van der Waals surface area contributed by atoms with E-state index >= 15 is 0 Å². The first-order valence-corrected chi connectivity index (χ1v) is 5.83. The van der Waals surface area contributed by atoms with Crippen molar-refractivity contribution in [2.24, 2.45) is 11.0 Å². The summed E-state index contributed by atoms with van der Waals surface area (Å²) in [6.45, 7) is 5.87. The topological polar surface area (TPSA) is 24.4 Å². The van der Waals surface area contributed by atoms with Gasteiger partial charge in [0.05, 0.1) is 5.71 Å². The molecule has 0 aromatic carbocycles. The molecule has 16 heavy (non-hydrogen) atoms. The Morgan fingerprint density at radius 2 is 2.31 bits per heavy atom. The van der Waals surface area contributed by atoms with E-state index in [0.29, 0.717) is 0 Å². The first-order valence-electron chi connectivity index (χ1n) is 5.83. The van der Waals surface area contributed by atoms with Crippen LogP contribution >= 0.6 is 0 Å². The lowest BCUT2D eigenvalue weighted by atomic mass is 9.87. The molecule has 0 aromatic heterocycles. The monoisotopic (exact) mass is 212 g/mol. The van der Waals surface area contributed by atoms with Crippen molar-refractivity contribution in [3.63, 3.8) is 0 Å². The summed E-state index contributed by atoms with van der Waals surface area (Å²) in [4.78, 5) is 0. The van der Waals surface area contributed by atoms with Gasteiger partial charge in [-0.2, -0.15) is 5.10 Å². The summed E-state index contributed by atoms with van der Waals surface area (Å²) in [5, 5.41) is 4.30. The van der Waals surface area contributed by atoms with Crippen LogP contribution < -0.4 is 5.43 Å². The number of hydrogen-bond donors (Lipinski definition) is 1. The predicted molar refractivity (Wildman–Crippen MR) is 69.5 cm³/mol. The second-order valence-corrected chi connectivity index (χ2v) is 4.33. The molecule has 3 heteroatoms. The number of hydrogen-bond acceptors (Lipinski definition) is 2. The quantitative estimate of drug-likeness (QED) is 0.561. The van der Waals surface area contributed by atoms with Crippen LogP contribution in [0.4, 0.5) is 0 Å². The van der Waals surface area contributed by atoms with Gasteiger partial charge in [-0.05, 0) is 31.3 Å². The van der Waals surface area contributed by atoms with E-state index in [1.165, 1.54) is 24.0 Å². The molecule has 82 valence electrons. The molecule has 1 N–H and O–H groups in total. The van der Waals surface area contributed by atoms with Gasteiger partial charge in [0, 0.05) is 17.9 Å². The van der Waals surface area contributed by atoms with Crippen LogP contribution in [0.3, 0.4) is 0 Å². The van der Waals surface area contributed by atoms with Gasteiger partial charge < -0.3 is 5.43 Å². The molecule has 0 saturated heterocycles. The Morgan fingerprint density at radius 1 is 1.56 bits per heavy atom. The molecule has 2 rings (SSSR count). The summed E-state index contributed by atoms with van der Waals surface area (Å²) in [5.41, 5.74) is 6.58. The summed E-state index contributed by atoms with van der Waals surface area (Å²) in [5.74, 6) is 0.677. The average molecular weight is 212 g/mol. The predicted octanol–water partition coefficient (Wildman–Crippen LogP) is 2.30. The van der Waals surface area contributed by atoms with Crippen molar-refractivity contribution in [1.29, 1.82) is 0 Å². The Kier molecular flexibility index (Phi) is 3.32. The van der Waals surface area contributed by atoms with Gasteiger partial charge in [0.1, 0.15) is 7.85 Å². The zero-order valence-corrected chi connectivity index (χ0v) is 9.74. The van der Waals surface area contributed by atoms with E-state index < -0.39 is 0 Å². The normalized spacial score (nSPS) is 26.3. The zero-order valence-electron chi connectivity index (χ0n) is 9.74. The highest BCUT2D eigenvalue weighted by atomic mass is 15.3. The number of hydrazone groups is 1. The van der Waals surface area contributed by atoms with Gasteiger partial charge >= 0.3 is 0 Å². The highest BCUT2D eigenvalue weighted by Gasteiger charge is 2.30. The third kappa shape index (κ3) is 2.29. The van der Waals surface area contributed by atoms with Crippen molar-refractivity contribution in [2.75, 3.05) is 0 Å². The van der Waals surface area contributed by atoms with Gasteiger partial charge in [-0.25, -0.2) is 0 Å². The van der Waals surface area contributed by atoms with Gasteiger partial charge in [-0.3, -0.25) is 0 Å². The van der Waals surface area contributed by atoms with E-state index in [9.17, 15) is 0 Å². The largest absolute Gasteiger partial charge is 0.315 e. The molecular weight excluding hydrogens is 195 g/mol.